The smallest absolute Gasteiger partial charge is 0.317 e. The molecule has 1 heterocycles. The first-order valence-electron chi connectivity index (χ1n) is 7.81. The van der Waals surface area contributed by atoms with Crippen molar-refractivity contribution in [2.24, 2.45) is 11.8 Å². The van der Waals surface area contributed by atoms with Gasteiger partial charge in [-0.1, -0.05) is 6.92 Å². The number of carboxylic acids is 1. The number of carboxylic acid groups (broad SMARTS) is 1. The van der Waals surface area contributed by atoms with Crippen LogP contribution in [0.25, 0.3) is 0 Å². The molecule has 0 bridgehead atoms. The zero-order valence-electron chi connectivity index (χ0n) is 12.1. The van der Waals surface area contributed by atoms with Crippen LogP contribution in [-0.4, -0.2) is 48.2 Å². The summed E-state index contributed by atoms with van der Waals surface area (Å²) in [5, 5.41) is 11.7. The van der Waals surface area contributed by atoms with E-state index in [1.807, 2.05) is 0 Å². The van der Waals surface area contributed by atoms with E-state index in [9.17, 15) is 4.79 Å². The van der Waals surface area contributed by atoms with Crippen LogP contribution in [0.1, 0.15) is 45.4 Å². The molecule has 0 aromatic heterocycles. The second-order valence-corrected chi connectivity index (χ2v) is 6.44. The molecule has 1 aliphatic heterocycles. The van der Waals surface area contributed by atoms with E-state index in [-0.39, 0.29) is 6.54 Å². The lowest BCUT2D eigenvalue weighted by molar-refractivity contribution is -0.136. The molecule has 1 atom stereocenters. The summed E-state index contributed by atoms with van der Waals surface area (Å²) in [4.78, 5) is 13.2. The quantitative estimate of drug-likeness (QED) is 0.800. The SMILES string of the molecule is CC1CCC(N2CCCC(CNCC(=O)O)C2)CC1. The molecule has 2 aliphatic rings. The van der Waals surface area contributed by atoms with Gasteiger partial charge in [0, 0.05) is 12.6 Å². The largest absolute Gasteiger partial charge is 0.480 e. The monoisotopic (exact) mass is 268 g/mol. The third kappa shape index (κ3) is 4.77. The lowest BCUT2D eigenvalue weighted by Crippen LogP contribution is -2.46. The number of rotatable bonds is 5. The van der Waals surface area contributed by atoms with E-state index < -0.39 is 5.97 Å². The Morgan fingerprint density at radius 1 is 1.26 bits per heavy atom. The Hall–Kier alpha value is -0.610. The van der Waals surface area contributed by atoms with E-state index in [2.05, 4.69) is 17.1 Å². The fourth-order valence-electron chi connectivity index (χ4n) is 3.59. The maximum Gasteiger partial charge on any atom is 0.317 e. The minimum atomic E-state index is -0.756. The van der Waals surface area contributed by atoms with Gasteiger partial charge in [0.15, 0.2) is 0 Å². The van der Waals surface area contributed by atoms with E-state index in [4.69, 9.17) is 5.11 Å². The molecule has 0 spiro atoms. The Balaban J connectivity index is 1.72. The highest BCUT2D eigenvalue weighted by molar-refractivity contribution is 5.68. The average Bonchev–Trinajstić information content (AvgIpc) is 2.39. The number of hydrogen-bond acceptors (Lipinski definition) is 3. The number of hydrogen-bond donors (Lipinski definition) is 2. The minimum Gasteiger partial charge on any atom is -0.480 e. The maximum absolute atomic E-state index is 10.5. The lowest BCUT2D eigenvalue weighted by Gasteiger charge is -2.41. The summed E-state index contributed by atoms with van der Waals surface area (Å²) in [5.41, 5.74) is 0. The second kappa shape index (κ2) is 7.25. The number of nitrogens with zero attached hydrogens (tertiary/aromatic N) is 1. The van der Waals surface area contributed by atoms with Gasteiger partial charge in [0.1, 0.15) is 0 Å². The fraction of sp³-hybridized carbons (Fsp3) is 0.933. The van der Waals surface area contributed by atoms with Crippen molar-refractivity contribution in [3.8, 4) is 0 Å². The molecule has 2 rings (SSSR count). The molecule has 1 unspecified atom stereocenters. The average molecular weight is 268 g/mol. The minimum absolute atomic E-state index is 0.0947. The van der Waals surface area contributed by atoms with Crippen molar-refractivity contribution < 1.29 is 9.90 Å². The van der Waals surface area contributed by atoms with Crippen molar-refractivity contribution in [3.05, 3.63) is 0 Å². The van der Waals surface area contributed by atoms with Gasteiger partial charge in [0.2, 0.25) is 0 Å². The van der Waals surface area contributed by atoms with Gasteiger partial charge in [0.25, 0.3) is 0 Å². The molecule has 2 fully saturated rings. The predicted octanol–water partition coefficient (Wildman–Crippen LogP) is 1.95. The zero-order chi connectivity index (χ0) is 13.7. The Labute approximate surface area is 116 Å². The highest BCUT2D eigenvalue weighted by Gasteiger charge is 2.28. The van der Waals surface area contributed by atoms with Crippen LogP contribution in [0.15, 0.2) is 0 Å². The van der Waals surface area contributed by atoms with Gasteiger partial charge in [-0.2, -0.15) is 0 Å². The van der Waals surface area contributed by atoms with Crippen molar-refractivity contribution in [1.29, 1.82) is 0 Å². The van der Waals surface area contributed by atoms with Crippen LogP contribution in [-0.2, 0) is 4.79 Å². The normalized spacial score (nSPS) is 33.2. The molecule has 4 heteroatoms. The summed E-state index contributed by atoms with van der Waals surface area (Å²) in [7, 11) is 0. The van der Waals surface area contributed by atoms with Crippen molar-refractivity contribution >= 4 is 5.97 Å². The number of nitrogens with one attached hydrogen (secondary N) is 1. The third-order valence-electron chi connectivity index (χ3n) is 4.76. The van der Waals surface area contributed by atoms with Crippen LogP contribution in [0.2, 0.25) is 0 Å². The highest BCUT2D eigenvalue weighted by Crippen LogP contribution is 2.29. The zero-order valence-corrected chi connectivity index (χ0v) is 12.1. The molecule has 1 saturated heterocycles. The number of aliphatic carboxylic acids is 1. The Bertz CT molecular complexity index is 288. The highest BCUT2D eigenvalue weighted by atomic mass is 16.4. The Morgan fingerprint density at radius 2 is 2.00 bits per heavy atom. The van der Waals surface area contributed by atoms with Gasteiger partial charge in [-0.3, -0.25) is 4.79 Å². The standard InChI is InChI=1S/C15H28N2O2/c1-12-4-6-14(7-5-12)17-8-2-3-13(11-17)9-16-10-15(18)19/h12-14,16H,2-11H2,1H3,(H,18,19). The fourth-order valence-corrected chi connectivity index (χ4v) is 3.59. The van der Waals surface area contributed by atoms with E-state index in [0.717, 1.165) is 25.0 Å². The van der Waals surface area contributed by atoms with E-state index in [1.54, 1.807) is 0 Å². The summed E-state index contributed by atoms with van der Waals surface area (Å²) in [6.07, 6.45) is 7.98. The molecular formula is C15H28N2O2. The van der Waals surface area contributed by atoms with Gasteiger partial charge in [-0.15, -0.1) is 0 Å². The van der Waals surface area contributed by atoms with Gasteiger partial charge in [-0.25, -0.2) is 0 Å². The van der Waals surface area contributed by atoms with E-state index in [1.165, 1.54) is 45.1 Å². The summed E-state index contributed by atoms with van der Waals surface area (Å²) in [6, 6.07) is 0.790. The van der Waals surface area contributed by atoms with Crippen LogP contribution < -0.4 is 5.32 Å². The van der Waals surface area contributed by atoms with Crippen LogP contribution >= 0.6 is 0 Å². The molecule has 1 saturated carbocycles. The van der Waals surface area contributed by atoms with Crippen molar-refractivity contribution in [2.45, 2.75) is 51.5 Å². The van der Waals surface area contributed by atoms with Crippen LogP contribution in [0.3, 0.4) is 0 Å². The van der Waals surface area contributed by atoms with Crippen molar-refractivity contribution in [1.82, 2.24) is 10.2 Å². The molecule has 0 aromatic rings. The van der Waals surface area contributed by atoms with Crippen molar-refractivity contribution in [3.63, 3.8) is 0 Å². The molecule has 1 aliphatic carbocycles. The van der Waals surface area contributed by atoms with E-state index >= 15 is 0 Å². The first kappa shape index (κ1) is 14.8. The molecule has 0 amide bonds. The predicted molar refractivity (Wildman–Crippen MR) is 76.2 cm³/mol. The molecule has 0 radical (unpaired) electrons. The topological polar surface area (TPSA) is 52.6 Å². The maximum atomic E-state index is 10.5. The Morgan fingerprint density at radius 3 is 2.68 bits per heavy atom. The van der Waals surface area contributed by atoms with Crippen LogP contribution in [0, 0.1) is 11.8 Å². The van der Waals surface area contributed by atoms with Crippen molar-refractivity contribution in [2.75, 3.05) is 26.2 Å². The first-order chi connectivity index (χ1) is 9.15. The lowest BCUT2D eigenvalue weighted by atomic mass is 9.85. The summed E-state index contributed by atoms with van der Waals surface area (Å²) >= 11 is 0. The van der Waals surface area contributed by atoms with Gasteiger partial charge >= 0.3 is 5.97 Å². The third-order valence-corrected chi connectivity index (χ3v) is 4.76. The molecule has 2 N–H and O–H groups in total. The molecule has 110 valence electrons. The van der Waals surface area contributed by atoms with Gasteiger partial charge < -0.3 is 15.3 Å². The Kier molecular flexibility index (Phi) is 5.64. The summed E-state index contributed by atoms with van der Waals surface area (Å²) in [6.45, 7) is 5.72. The van der Waals surface area contributed by atoms with Gasteiger partial charge in [0.05, 0.1) is 6.54 Å². The molecule has 19 heavy (non-hydrogen) atoms. The molecular weight excluding hydrogens is 240 g/mol. The summed E-state index contributed by atoms with van der Waals surface area (Å²) < 4.78 is 0. The molecule has 4 nitrogen and oxygen atoms in total. The summed E-state index contributed by atoms with van der Waals surface area (Å²) in [5.74, 6) is 0.787. The van der Waals surface area contributed by atoms with E-state index in [0.29, 0.717) is 5.92 Å². The molecule has 0 aromatic carbocycles. The second-order valence-electron chi connectivity index (χ2n) is 6.44. The number of likely N-dealkylation sites (tertiary alicyclic amines) is 1. The first-order valence-corrected chi connectivity index (χ1v) is 7.81. The van der Waals surface area contributed by atoms with Crippen LogP contribution in [0.4, 0.5) is 0 Å². The van der Waals surface area contributed by atoms with Crippen LogP contribution in [0.5, 0.6) is 0 Å². The number of carbonyl (C=O) groups is 1. The van der Waals surface area contributed by atoms with Gasteiger partial charge in [-0.05, 0) is 63.5 Å². The number of piperidine rings is 1.